The van der Waals surface area contributed by atoms with Crippen molar-refractivity contribution in [1.29, 1.82) is 0 Å². The second-order valence-corrected chi connectivity index (χ2v) is 7.35. The molecule has 0 atom stereocenters. The summed E-state index contributed by atoms with van der Waals surface area (Å²) in [5.41, 5.74) is 3.20. The molecular weight excluding hydrogens is 354 g/mol. The number of hydrogen-bond donors (Lipinski definition) is 1. The maximum Gasteiger partial charge on any atom is 0.258 e. The van der Waals surface area contributed by atoms with Gasteiger partial charge in [0.15, 0.2) is 6.61 Å². The number of amides is 1. The van der Waals surface area contributed by atoms with E-state index in [0.717, 1.165) is 41.0 Å². The number of fused-ring (bicyclic) bond motifs is 3. The molecule has 1 N–H and O–H groups in total. The summed E-state index contributed by atoms with van der Waals surface area (Å²) in [5.74, 6) is 2.50. The maximum absolute atomic E-state index is 12.2. The summed E-state index contributed by atoms with van der Waals surface area (Å²) in [6, 6.07) is 9.63. The van der Waals surface area contributed by atoms with E-state index in [4.69, 9.17) is 9.15 Å². The third-order valence-electron chi connectivity index (χ3n) is 5.05. The number of benzene rings is 1. The molecule has 0 aliphatic heterocycles. The van der Waals surface area contributed by atoms with E-state index < -0.39 is 0 Å². The molecule has 1 aromatic carbocycles. The molecule has 0 radical (unpaired) electrons. The fourth-order valence-electron chi connectivity index (χ4n) is 3.55. The van der Waals surface area contributed by atoms with Gasteiger partial charge in [0.2, 0.25) is 0 Å². The number of carbonyl (C=O) groups is 1. The Kier molecular flexibility index (Phi) is 5.19. The Bertz CT molecular complexity index is 994. The van der Waals surface area contributed by atoms with E-state index in [1.807, 2.05) is 49.3 Å². The summed E-state index contributed by atoms with van der Waals surface area (Å²) in [4.78, 5) is 18.4. The average Bonchev–Trinajstić information content (AvgIpc) is 3.09. The van der Waals surface area contributed by atoms with Gasteiger partial charge in [0.05, 0.1) is 0 Å². The van der Waals surface area contributed by atoms with Crippen LogP contribution in [0.2, 0.25) is 0 Å². The Labute approximate surface area is 164 Å². The summed E-state index contributed by atoms with van der Waals surface area (Å²) in [6.07, 6.45) is 6.18. The Morgan fingerprint density at radius 2 is 2.07 bits per heavy atom. The molecule has 146 valence electrons. The zero-order valence-corrected chi connectivity index (χ0v) is 16.3. The smallest absolute Gasteiger partial charge is 0.258 e. The largest absolute Gasteiger partial charge is 0.484 e. The van der Waals surface area contributed by atoms with Gasteiger partial charge in [-0.25, -0.2) is 4.98 Å². The quantitative estimate of drug-likeness (QED) is 0.710. The fourth-order valence-corrected chi connectivity index (χ4v) is 3.55. The van der Waals surface area contributed by atoms with Gasteiger partial charge in [0.25, 0.3) is 5.91 Å². The summed E-state index contributed by atoms with van der Waals surface area (Å²) in [7, 11) is 3.87. The highest BCUT2D eigenvalue weighted by molar-refractivity contribution is 5.84. The molecule has 0 bridgehead atoms. The van der Waals surface area contributed by atoms with E-state index >= 15 is 0 Å². The minimum Gasteiger partial charge on any atom is -0.484 e. The van der Waals surface area contributed by atoms with Crippen molar-refractivity contribution in [3.63, 3.8) is 0 Å². The molecule has 4 rings (SSSR count). The lowest BCUT2D eigenvalue weighted by Crippen LogP contribution is -2.28. The van der Waals surface area contributed by atoms with Crippen molar-refractivity contribution >= 4 is 22.7 Å². The molecule has 0 spiro atoms. The Morgan fingerprint density at radius 1 is 1.21 bits per heavy atom. The molecule has 2 aromatic heterocycles. The Balaban J connectivity index is 1.35. The van der Waals surface area contributed by atoms with Crippen LogP contribution in [0.3, 0.4) is 0 Å². The average molecular weight is 379 g/mol. The van der Waals surface area contributed by atoms with Gasteiger partial charge in [-0.3, -0.25) is 4.79 Å². The van der Waals surface area contributed by atoms with Crippen LogP contribution in [0, 0.1) is 0 Å². The van der Waals surface area contributed by atoms with Gasteiger partial charge in [-0.05, 0) is 55.2 Å². The third kappa shape index (κ3) is 3.96. The molecule has 3 aromatic rings. The number of hydrogen-bond acceptors (Lipinski definition) is 5. The number of anilines is 1. The number of pyridine rings is 1. The highest BCUT2D eigenvalue weighted by Gasteiger charge is 2.18. The molecule has 0 fully saturated rings. The number of aryl methyl sites for hydroxylation is 2. The molecule has 1 aliphatic carbocycles. The number of carbonyl (C=O) groups excluding carboxylic acids is 1. The van der Waals surface area contributed by atoms with Crippen LogP contribution in [0.4, 0.5) is 5.82 Å². The van der Waals surface area contributed by atoms with E-state index in [9.17, 15) is 4.79 Å². The van der Waals surface area contributed by atoms with E-state index in [-0.39, 0.29) is 12.5 Å². The summed E-state index contributed by atoms with van der Waals surface area (Å²) in [6.45, 7) is 0.428. The van der Waals surface area contributed by atoms with Crippen molar-refractivity contribution in [3.8, 4) is 5.75 Å². The highest BCUT2D eigenvalue weighted by atomic mass is 16.5. The number of nitrogens with one attached hydrogen (secondary N) is 1. The highest BCUT2D eigenvalue weighted by Crippen LogP contribution is 2.33. The second-order valence-electron chi connectivity index (χ2n) is 7.35. The molecule has 1 amide bonds. The summed E-state index contributed by atoms with van der Waals surface area (Å²) >= 11 is 0. The van der Waals surface area contributed by atoms with Gasteiger partial charge in [0.1, 0.15) is 22.9 Å². The van der Waals surface area contributed by atoms with Crippen LogP contribution in [-0.2, 0) is 24.2 Å². The van der Waals surface area contributed by atoms with Gasteiger partial charge < -0.3 is 19.4 Å². The van der Waals surface area contributed by atoms with Gasteiger partial charge in [-0.2, -0.15) is 0 Å². The Morgan fingerprint density at radius 3 is 2.93 bits per heavy atom. The first-order valence-electron chi connectivity index (χ1n) is 9.66. The maximum atomic E-state index is 12.2. The molecule has 6 nitrogen and oxygen atoms in total. The molecule has 2 heterocycles. The number of nitrogens with zero attached hydrogens (tertiary/aromatic N) is 2. The molecule has 28 heavy (non-hydrogen) atoms. The Hall–Kier alpha value is -3.02. The number of rotatable bonds is 6. The van der Waals surface area contributed by atoms with E-state index in [1.165, 1.54) is 18.4 Å². The van der Waals surface area contributed by atoms with E-state index in [1.54, 1.807) is 6.20 Å². The van der Waals surface area contributed by atoms with Crippen LogP contribution in [0.25, 0.3) is 11.0 Å². The van der Waals surface area contributed by atoms with Crippen LogP contribution >= 0.6 is 0 Å². The zero-order chi connectivity index (χ0) is 19.5. The normalized spacial score (nSPS) is 13.2. The predicted molar refractivity (Wildman–Crippen MR) is 109 cm³/mol. The van der Waals surface area contributed by atoms with Crippen LogP contribution in [0.5, 0.6) is 5.75 Å². The molecule has 1 aliphatic rings. The zero-order valence-electron chi connectivity index (χ0n) is 16.3. The first kappa shape index (κ1) is 18.3. The monoisotopic (exact) mass is 379 g/mol. The lowest BCUT2D eigenvalue weighted by Gasteiger charge is -2.12. The van der Waals surface area contributed by atoms with Crippen LogP contribution in [0.1, 0.15) is 29.7 Å². The second kappa shape index (κ2) is 7.92. The van der Waals surface area contributed by atoms with Crippen LogP contribution in [-0.4, -0.2) is 31.6 Å². The van der Waals surface area contributed by atoms with Gasteiger partial charge >= 0.3 is 0 Å². The molecular formula is C22H25N3O3. The van der Waals surface area contributed by atoms with E-state index in [0.29, 0.717) is 12.3 Å². The van der Waals surface area contributed by atoms with Crippen molar-refractivity contribution in [2.45, 2.75) is 32.2 Å². The van der Waals surface area contributed by atoms with Crippen LogP contribution in [0.15, 0.2) is 40.9 Å². The molecule has 0 saturated heterocycles. The first-order chi connectivity index (χ1) is 13.6. The summed E-state index contributed by atoms with van der Waals surface area (Å²) in [5, 5.41) is 4.00. The van der Waals surface area contributed by atoms with Gasteiger partial charge in [0, 0.05) is 44.2 Å². The lowest BCUT2D eigenvalue weighted by atomic mass is 9.96. The molecule has 0 unspecified atom stereocenters. The standard InChI is InChI=1S/C22H25N3O3/c1-25(2)21-11-15(9-10-23-21)13-24-22(26)14-27-16-7-8-20-18(12-16)17-5-3-4-6-19(17)28-20/h7-12H,3-6,13-14H2,1-2H3,(H,24,26). The number of aromatic nitrogens is 1. The topological polar surface area (TPSA) is 67.6 Å². The van der Waals surface area contributed by atoms with Crippen LogP contribution < -0.4 is 15.0 Å². The molecule has 6 heteroatoms. The SMILES string of the molecule is CN(C)c1cc(CNC(=O)COc2ccc3oc4c(c3c2)CCCC4)ccn1. The fraction of sp³-hybridized carbons (Fsp3) is 0.364. The van der Waals surface area contributed by atoms with Gasteiger partial charge in [-0.15, -0.1) is 0 Å². The first-order valence-corrected chi connectivity index (χ1v) is 9.66. The van der Waals surface area contributed by atoms with Crippen molar-refractivity contribution in [2.24, 2.45) is 0 Å². The number of ether oxygens (including phenoxy) is 1. The van der Waals surface area contributed by atoms with Gasteiger partial charge in [-0.1, -0.05) is 0 Å². The minimum absolute atomic E-state index is 0.0167. The van der Waals surface area contributed by atoms with Crippen molar-refractivity contribution in [3.05, 3.63) is 53.4 Å². The third-order valence-corrected chi connectivity index (χ3v) is 5.05. The minimum atomic E-state index is -0.155. The summed E-state index contributed by atoms with van der Waals surface area (Å²) < 4.78 is 11.7. The predicted octanol–water partition coefficient (Wildman–Crippen LogP) is 3.47. The molecule has 0 saturated carbocycles. The van der Waals surface area contributed by atoms with Crippen molar-refractivity contribution in [2.75, 3.05) is 25.6 Å². The van der Waals surface area contributed by atoms with Crippen molar-refractivity contribution < 1.29 is 13.9 Å². The number of furan rings is 1. The lowest BCUT2D eigenvalue weighted by molar-refractivity contribution is -0.123. The van der Waals surface area contributed by atoms with E-state index in [2.05, 4.69) is 10.3 Å². The van der Waals surface area contributed by atoms with Crippen molar-refractivity contribution in [1.82, 2.24) is 10.3 Å².